The summed E-state index contributed by atoms with van der Waals surface area (Å²) in [5.74, 6) is -1.32. The number of fused-ring (bicyclic) bond motifs is 1. The fourth-order valence-electron chi connectivity index (χ4n) is 2.76. The maximum Gasteiger partial charge on any atom is 0.352 e. The Labute approximate surface area is 160 Å². The topological polar surface area (TPSA) is 95.9 Å². The third-order valence-electron chi connectivity index (χ3n) is 3.80. The fraction of sp³-hybridized carbons (Fsp3) is 0.471. The van der Waals surface area contributed by atoms with Crippen LogP contribution in [-0.2, 0) is 25.5 Å². The lowest BCUT2D eigenvalue weighted by molar-refractivity contribution is -0.150. The van der Waals surface area contributed by atoms with Crippen LogP contribution in [0, 0.1) is 0 Å². The Morgan fingerprint density at radius 2 is 2.15 bits per heavy atom. The van der Waals surface area contributed by atoms with Gasteiger partial charge < -0.3 is 15.2 Å². The van der Waals surface area contributed by atoms with Crippen LogP contribution in [0.2, 0.25) is 0 Å². The lowest BCUT2D eigenvalue weighted by atomic mass is 10.0. The maximum absolute atomic E-state index is 12.4. The normalized spacial score (nSPS) is 21.3. The molecule has 26 heavy (non-hydrogen) atoms. The maximum atomic E-state index is 12.4. The Kier molecular flexibility index (Phi) is 7.24. The first-order valence-corrected chi connectivity index (χ1v) is 10.2. The van der Waals surface area contributed by atoms with Gasteiger partial charge in [-0.3, -0.25) is 14.5 Å². The van der Waals surface area contributed by atoms with Crippen LogP contribution in [0.1, 0.15) is 18.7 Å². The van der Waals surface area contributed by atoms with E-state index in [-0.39, 0.29) is 30.0 Å². The molecule has 0 aliphatic carbocycles. The molecule has 3 rings (SSSR count). The van der Waals surface area contributed by atoms with E-state index in [9.17, 15) is 19.5 Å². The third kappa shape index (κ3) is 4.11. The van der Waals surface area contributed by atoms with Gasteiger partial charge in [-0.15, -0.1) is 23.1 Å². The lowest BCUT2D eigenvalue weighted by Crippen LogP contribution is -2.70. The first-order valence-electron chi connectivity index (χ1n) is 8.23. The van der Waals surface area contributed by atoms with E-state index in [1.54, 1.807) is 0 Å². The number of β-lactam (4-membered cyclic amide) rings is 1. The molecule has 1 saturated heterocycles. The first kappa shape index (κ1) is 20.5. The summed E-state index contributed by atoms with van der Waals surface area (Å²) in [6.07, 6.45) is 0.218. The molecular formula is C17H22N2O5S2. The van der Waals surface area contributed by atoms with Crippen LogP contribution >= 0.6 is 23.1 Å². The van der Waals surface area contributed by atoms with Crippen molar-refractivity contribution in [1.29, 1.82) is 0 Å². The van der Waals surface area contributed by atoms with Gasteiger partial charge in [-0.2, -0.15) is 0 Å². The van der Waals surface area contributed by atoms with E-state index < -0.39 is 17.9 Å². The SMILES string of the molecule is CC.COCC1=C(C(=O)O)N2C(=O)C(NC(=O)Cc3cccs3)C2SC1. The van der Waals surface area contributed by atoms with Gasteiger partial charge in [0.25, 0.3) is 5.91 Å². The lowest BCUT2D eigenvalue weighted by Gasteiger charge is -2.49. The number of aliphatic carboxylic acids is 1. The molecule has 142 valence electrons. The minimum Gasteiger partial charge on any atom is -0.477 e. The summed E-state index contributed by atoms with van der Waals surface area (Å²) < 4.78 is 5.01. The predicted molar refractivity (Wildman–Crippen MR) is 101 cm³/mol. The highest BCUT2D eigenvalue weighted by molar-refractivity contribution is 8.00. The molecule has 2 aliphatic heterocycles. The van der Waals surface area contributed by atoms with E-state index in [4.69, 9.17) is 4.74 Å². The van der Waals surface area contributed by atoms with Gasteiger partial charge in [-0.05, 0) is 17.0 Å². The van der Waals surface area contributed by atoms with E-state index in [1.165, 1.54) is 35.1 Å². The Bertz CT molecular complexity index is 702. The van der Waals surface area contributed by atoms with Gasteiger partial charge in [0.05, 0.1) is 13.0 Å². The molecule has 7 nitrogen and oxygen atoms in total. The number of thioether (sulfide) groups is 1. The van der Waals surface area contributed by atoms with Gasteiger partial charge in [0.1, 0.15) is 17.1 Å². The second-order valence-electron chi connectivity index (χ2n) is 5.40. The second kappa shape index (κ2) is 9.20. The summed E-state index contributed by atoms with van der Waals surface area (Å²) in [5, 5.41) is 13.6. The number of carboxylic acids is 1. The van der Waals surface area contributed by atoms with Crippen LogP contribution in [0.3, 0.4) is 0 Å². The van der Waals surface area contributed by atoms with Crippen LogP contribution < -0.4 is 5.32 Å². The summed E-state index contributed by atoms with van der Waals surface area (Å²) in [6, 6.07) is 3.04. The van der Waals surface area contributed by atoms with E-state index >= 15 is 0 Å². The van der Waals surface area contributed by atoms with Crippen molar-refractivity contribution in [3.63, 3.8) is 0 Å². The number of amides is 2. The molecule has 2 atom stereocenters. The minimum atomic E-state index is -1.15. The molecule has 0 bridgehead atoms. The zero-order valence-corrected chi connectivity index (χ0v) is 16.5. The van der Waals surface area contributed by atoms with E-state index in [1.807, 2.05) is 31.4 Å². The van der Waals surface area contributed by atoms with Crippen LogP contribution in [0.4, 0.5) is 0 Å². The van der Waals surface area contributed by atoms with Crippen molar-refractivity contribution in [2.75, 3.05) is 19.5 Å². The van der Waals surface area contributed by atoms with E-state index in [0.29, 0.717) is 11.3 Å². The molecule has 2 amide bonds. The zero-order valence-electron chi connectivity index (χ0n) is 14.9. The Balaban J connectivity index is 0.00000117. The van der Waals surface area contributed by atoms with Gasteiger partial charge in [-0.1, -0.05) is 19.9 Å². The number of methoxy groups -OCH3 is 1. The number of hydrogen-bond donors (Lipinski definition) is 2. The highest BCUT2D eigenvalue weighted by Gasteiger charge is 2.54. The molecule has 3 heterocycles. The summed E-state index contributed by atoms with van der Waals surface area (Å²) in [7, 11) is 1.48. The van der Waals surface area contributed by atoms with Crippen molar-refractivity contribution >= 4 is 40.9 Å². The number of carboxylic acid groups (broad SMARTS) is 1. The summed E-state index contributed by atoms with van der Waals surface area (Å²) in [4.78, 5) is 38.1. The molecule has 0 spiro atoms. The third-order valence-corrected chi connectivity index (χ3v) is 6.02. The number of rotatable bonds is 6. The first-order chi connectivity index (χ1) is 12.5. The van der Waals surface area contributed by atoms with Crippen molar-refractivity contribution in [1.82, 2.24) is 10.2 Å². The molecule has 2 N–H and O–H groups in total. The van der Waals surface area contributed by atoms with Crippen molar-refractivity contribution < 1.29 is 24.2 Å². The standard InChI is InChI=1S/C15H16N2O5S2.C2H6/c1-22-6-8-7-24-14-11(13(19)17(14)12(8)15(20)21)16-10(18)5-9-3-2-4-23-9;1-2/h2-4,11,14H,5-7H2,1H3,(H,16,18)(H,20,21);1-2H3. The number of carbonyl (C=O) groups excluding carboxylic acids is 2. The van der Waals surface area contributed by atoms with E-state index in [0.717, 1.165) is 4.88 Å². The monoisotopic (exact) mass is 398 g/mol. The van der Waals surface area contributed by atoms with Crippen molar-refractivity contribution in [3.8, 4) is 0 Å². The van der Waals surface area contributed by atoms with Gasteiger partial charge >= 0.3 is 5.97 Å². The number of carbonyl (C=O) groups is 3. The quantitative estimate of drug-likeness (QED) is 0.708. The molecule has 2 aliphatic rings. The minimum absolute atomic E-state index is 0.0191. The molecule has 0 radical (unpaired) electrons. The number of ether oxygens (including phenoxy) is 1. The van der Waals surface area contributed by atoms with Crippen LogP contribution in [-0.4, -0.2) is 58.7 Å². The average Bonchev–Trinajstić information content (AvgIpc) is 3.14. The van der Waals surface area contributed by atoms with Gasteiger partial charge in [-0.25, -0.2) is 4.79 Å². The molecule has 1 fully saturated rings. The highest BCUT2D eigenvalue weighted by atomic mass is 32.2. The molecule has 0 aromatic carbocycles. The Morgan fingerprint density at radius 3 is 2.73 bits per heavy atom. The van der Waals surface area contributed by atoms with Gasteiger partial charge in [0.2, 0.25) is 5.91 Å². The zero-order chi connectivity index (χ0) is 19.3. The van der Waals surface area contributed by atoms with Crippen LogP contribution in [0.5, 0.6) is 0 Å². The van der Waals surface area contributed by atoms with Crippen molar-refractivity contribution in [3.05, 3.63) is 33.7 Å². The number of hydrogen-bond acceptors (Lipinski definition) is 6. The Morgan fingerprint density at radius 1 is 1.42 bits per heavy atom. The molecule has 1 aromatic rings. The Hall–Kier alpha value is -1.84. The van der Waals surface area contributed by atoms with Crippen LogP contribution in [0.25, 0.3) is 0 Å². The number of nitrogens with one attached hydrogen (secondary N) is 1. The summed E-state index contributed by atoms with van der Waals surface area (Å²) in [6.45, 7) is 4.17. The molecular weight excluding hydrogens is 376 g/mol. The summed E-state index contributed by atoms with van der Waals surface area (Å²) >= 11 is 2.91. The smallest absolute Gasteiger partial charge is 0.352 e. The summed E-state index contributed by atoms with van der Waals surface area (Å²) in [5.41, 5.74) is 0.553. The molecule has 2 unspecified atom stereocenters. The number of nitrogens with zero attached hydrogens (tertiary/aromatic N) is 1. The second-order valence-corrected chi connectivity index (χ2v) is 7.54. The highest BCUT2D eigenvalue weighted by Crippen LogP contribution is 2.40. The average molecular weight is 399 g/mol. The van der Waals surface area contributed by atoms with Crippen molar-refractivity contribution in [2.24, 2.45) is 0 Å². The largest absolute Gasteiger partial charge is 0.477 e. The molecule has 1 aromatic heterocycles. The van der Waals surface area contributed by atoms with Crippen LogP contribution in [0.15, 0.2) is 28.8 Å². The van der Waals surface area contributed by atoms with Crippen molar-refractivity contribution in [2.45, 2.75) is 31.7 Å². The molecule has 0 saturated carbocycles. The van der Waals surface area contributed by atoms with Gasteiger partial charge in [0, 0.05) is 17.7 Å². The fourth-order valence-corrected chi connectivity index (χ4v) is 4.80. The number of thiophene rings is 1. The van der Waals surface area contributed by atoms with E-state index in [2.05, 4.69) is 5.32 Å². The predicted octanol–water partition coefficient (Wildman–Crippen LogP) is 1.70. The van der Waals surface area contributed by atoms with Gasteiger partial charge in [0.15, 0.2) is 0 Å². The molecule has 9 heteroatoms.